The van der Waals surface area contributed by atoms with Gasteiger partial charge in [0, 0.05) is 17.5 Å². The number of ether oxygens (including phenoxy) is 1. The third-order valence-corrected chi connectivity index (χ3v) is 2.04. The monoisotopic (exact) mass is 220 g/mol. The van der Waals surface area contributed by atoms with Crippen LogP contribution in [0.25, 0.3) is 0 Å². The highest BCUT2D eigenvalue weighted by Gasteiger charge is 2.27. The smallest absolute Gasteiger partial charge is 0.232 e. The molecule has 0 spiro atoms. The molecule has 11 heavy (non-hydrogen) atoms. The molecule has 0 bridgehead atoms. The van der Waals surface area contributed by atoms with Crippen LogP contribution in [0.15, 0.2) is 22.7 Å². The summed E-state index contributed by atoms with van der Waals surface area (Å²) in [5, 5.41) is 0. The largest absolute Gasteiger partial charge is 0.343 e. The average molecular weight is 221 g/mol. The number of alkyl halides is 1. The van der Waals surface area contributed by atoms with Gasteiger partial charge in [0.1, 0.15) is 0 Å². The van der Waals surface area contributed by atoms with E-state index in [2.05, 4.69) is 15.9 Å². The summed E-state index contributed by atoms with van der Waals surface area (Å²) in [7, 11) is 0. The Hall–Kier alpha value is -0.150. The second kappa shape index (κ2) is 3.50. The number of rotatable bonds is 2. The van der Waals surface area contributed by atoms with E-state index in [1.54, 1.807) is 19.1 Å². The second-order valence-corrected chi connectivity index (χ2v) is 3.26. The van der Waals surface area contributed by atoms with Gasteiger partial charge in [-0.15, -0.1) is 0 Å². The van der Waals surface area contributed by atoms with E-state index in [1.807, 2.05) is 0 Å². The van der Waals surface area contributed by atoms with Crippen LogP contribution in [-0.2, 0) is 4.74 Å². The van der Waals surface area contributed by atoms with Crippen LogP contribution >= 0.6 is 15.9 Å². The average Bonchev–Trinajstić information content (AvgIpc) is 1.97. The minimum Gasteiger partial charge on any atom is -0.343 e. The van der Waals surface area contributed by atoms with E-state index in [1.165, 1.54) is 6.08 Å². The lowest BCUT2D eigenvalue weighted by Gasteiger charge is -2.22. The Balaban J connectivity index is 2.58. The van der Waals surface area contributed by atoms with Crippen molar-refractivity contribution in [3.8, 4) is 0 Å². The maximum Gasteiger partial charge on any atom is 0.232 e. The maximum atomic E-state index is 13.4. The summed E-state index contributed by atoms with van der Waals surface area (Å²) >= 11 is 3.24. The highest BCUT2D eigenvalue weighted by molar-refractivity contribution is 9.11. The van der Waals surface area contributed by atoms with Crippen LogP contribution in [0.4, 0.5) is 4.39 Å². The third-order valence-electron chi connectivity index (χ3n) is 1.45. The van der Waals surface area contributed by atoms with Gasteiger partial charge in [-0.1, -0.05) is 22.0 Å². The molecule has 0 aromatic heterocycles. The van der Waals surface area contributed by atoms with Gasteiger partial charge in [0.25, 0.3) is 0 Å². The molecule has 0 fully saturated rings. The zero-order valence-electron chi connectivity index (χ0n) is 6.31. The fourth-order valence-electron chi connectivity index (χ4n) is 0.924. The summed E-state index contributed by atoms with van der Waals surface area (Å²) < 4.78 is 19.2. The fraction of sp³-hybridized carbons (Fsp3) is 0.500. The van der Waals surface area contributed by atoms with Crippen LogP contribution in [0, 0.1) is 0 Å². The number of halogens is 2. The zero-order chi connectivity index (χ0) is 8.32. The summed E-state index contributed by atoms with van der Waals surface area (Å²) in [6.07, 6.45) is 5.15. The van der Waals surface area contributed by atoms with Gasteiger partial charge in [0.05, 0.1) is 0 Å². The molecule has 0 heterocycles. The van der Waals surface area contributed by atoms with Crippen LogP contribution in [0.2, 0.25) is 0 Å². The molecule has 0 saturated heterocycles. The molecule has 0 aromatic rings. The van der Waals surface area contributed by atoms with Crippen molar-refractivity contribution in [2.45, 2.75) is 19.2 Å². The van der Waals surface area contributed by atoms with Crippen LogP contribution < -0.4 is 0 Å². The Morgan fingerprint density at radius 2 is 2.55 bits per heavy atom. The first kappa shape index (κ1) is 8.94. The lowest BCUT2D eigenvalue weighted by Crippen LogP contribution is -2.24. The van der Waals surface area contributed by atoms with Crippen molar-refractivity contribution >= 4 is 15.9 Å². The molecular formula is C8H10BrFO. The van der Waals surface area contributed by atoms with E-state index >= 15 is 0 Å². The van der Waals surface area contributed by atoms with E-state index in [4.69, 9.17) is 4.74 Å². The molecule has 1 aliphatic carbocycles. The van der Waals surface area contributed by atoms with Gasteiger partial charge in [0.2, 0.25) is 5.85 Å². The second-order valence-electron chi connectivity index (χ2n) is 2.35. The first-order chi connectivity index (χ1) is 5.16. The third kappa shape index (κ3) is 2.42. The lowest BCUT2D eigenvalue weighted by atomic mass is 10.1. The van der Waals surface area contributed by atoms with E-state index in [9.17, 15) is 4.39 Å². The topological polar surface area (TPSA) is 9.23 Å². The van der Waals surface area contributed by atoms with E-state index in [0.29, 0.717) is 6.61 Å². The van der Waals surface area contributed by atoms with Crippen LogP contribution in [0.1, 0.15) is 13.3 Å². The highest BCUT2D eigenvalue weighted by atomic mass is 79.9. The zero-order valence-corrected chi connectivity index (χ0v) is 7.90. The van der Waals surface area contributed by atoms with Gasteiger partial charge in [-0.3, -0.25) is 0 Å². The van der Waals surface area contributed by atoms with Gasteiger partial charge in [-0.25, -0.2) is 4.39 Å². The number of hydrogen-bond acceptors (Lipinski definition) is 1. The van der Waals surface area contributed by atoms with E-state index in [-0.39, 0.29) is 6.42 Å². The van der Waals surface area contributed by atoms with Gasteiger partial charge in [-0.05, 0) is 19.1 Å². The summed E-state index contributed by atoms with van der Waals surface area (Å²) in [5.41, 5.74) is 0. The van der Waals surface area contributed by atoms with Crippen molar-refractivity contribution < 1.29 is 9.13 Å². The molecular weight excluding hydrogens is 211 g/mol. The molecule has 1 nitrogen and oxygen atoms in total. The number of hydrogen-bond donors (Lipinski definition) is 0. The Morgan fingerprint density at radius 3 is 3.00 bits per heavy atom. The molecule has 1 unspecified atom stereocenters. The van der Waals surface area contributed by atoms with Gasteiger partial charge < -0.3 is 4.74 Å². The highest BCUT2D eigenvalue weighted by Crippen LogP contribution is 2.28. The SMILES string of the molecule is CCOC1(F)C=CC(Br)=CC1. The summed E-state index contributed by atoms with van der Waals surface area (Å²) in [6.45, 7) is 2.18. The first-order valence-electron chi connectivity index (χ1n) is 3.54. The van der Waals surface area contributed by atoms with Crippen molar-refractivity contribution in [2.24, 2.45) is 0 Å². The summed E-state index contributed by atoms with van der Waals surface area (Å²) in [5.74, 6) is -1.58. The molecule has 0 aromatic carbocycles. The van der Waals surface area contributed by atoms with Crippen molar-refractivity contribution in [3.05, 3.63) is 22.7 Å². The maximum absolute atomic E-state index is 13.4. The minimum atomic E-state index is -1.58. The van der Waals surface area contributed by atoms with Gasteiger partial charge in [-0.2, -0.15) is 0 Å². The fourth-order valence-corrected chi connectivity index (χ4v) is 1.22. The van der Waals surface area contributed by atoms with Crippen molar-refractivity contribution in [1.82, 2.24) is 0 Å². The van der Waals surface area contributed by atoms with Crippen molar-refractivity contribution in [1.29, 1.82) is 0 Å². The molecule has 0 amide bonds. The van der Waals surface area contributed by atoms with E-state index < -0.39 is 5.85 Å². The first-order valence-corrected chi connectivity index (χ1v) is 4.33. The molecule has 1 atom stereocenters. The van der Waals surface area contributed by atoms with Crippen LogP contribution in [-0.4, -0.2) is 12.5 Å². The molecule has 62 valence electrons. The minimum absolute atomic E-state index is 0.290. The standard InChI is InChI=1S/C8H10BrFO/c1-2-11-8(10)5-3-7(9)4-6-8/h3-5H,2,6H2,1H3. The van der Waals surface area contributed by atoms with Crippen molar-refractivity contribution in [2.75, 3.05) is 6.61 Å². The Morgan fingerprint density at radius 1 is 1.82 bits per heavy atom. The Labute approximate surface area is 74.1 Å². The molecule has 1 aliphatic rings. The van der Waals surface area contributed by atoms with Crippen LogP contribution in [0.3, 0.4) is 0 Å². The normalized spacial score (nSPS) is 30.3. The number of allylic oxidation sites excluding steroid dienone is 2. The Kier molecular flexibility index (Phi) is 2.84. The molecule has 0 saturated carbocycles. The summed E-state index contributed by atoms with van der Waals surface area (Å²) in [4.78, 5) is 0. The predicted octanol–water partition coefficient (Wildman–Crippen LogP) is 2.93. The molecule has 0 aliphatic heterocycles. The van der Waals surface area contributed by atoms with Crippen molar-refractivity contribution in [3.63, 3.8) is 0 Å². The molecule has 0 N–H and O–H groups in total. The van der Waals surface area contributed by atoms with E-state index in [0.717, 1.165) is 4.48 Å². The quantitative estimate of drug-likeness (QED) is 0.696. The molecule has 0 radical (unpaired) electrons. The Bertz CT molecular complexity index is 200. The van der Waals surface area contributed by atoms with Crippen LogP contribution in [0.5, 0.6) is 0 Å². The molecule has 3 heteroatoms. The predicted molar refractivity (Wildman–Crippen MR) is 46.2 cm³/mol. The van der Waals surface area contributed by atoms with Gasteiger partial charge in [0.15, 0.2) is 0 Å². The lowest BCUT2D eigenvalue weighted by molar-refractivity contribution is -0.0994. The van der Waals surface area contributed by atoms with Gasteiger partial charge >= 0.3 is 0 Å². The molecule has 1 rings (SSSR count). The summed E-state index contributed by atoms with van der Waals surface area (Å²) in [6, 6.07) is 0.